The summed E-state index contributed by atoms with van der Waals surface area (Å²) in [6.45, 7) is 7.33. The van der Waals surface area contributed by atoms with Gasteiger partial charge in [-0.3, -0.25) is 0 Å². The lowest BCUT2D eigenvalue weighted by Gasteiger charge is -2.21. The van der Waals surface area contributed by atoms with E-state index in [1.807, 2.05) is 12.1 Å². The molecule has 0 bridgehead atoms. The van der Waals surface area contributed by atoms with Crippen LogP contribution in [0.15, 0.2) is 24.3 Å². The third-order valence-electron chi connectivity index (χ3n) is 2.71. The topological polar surface area (TPSA) is 0 Å². The molecule has 1 aromatic carbocycles. The Kier molecular flexibility index (Phi) is 4.06. The van der Waals surface area contributed by atoms with Crippen molar-refractivity contribution in [1.82, 2.24) is 0 Å². The van der Waals surface area contributed by atoms with Crippen molar-refractivity contribution in [3.8, 4) is 0 Å². The molecule has 0 heterocycles. The van der Waals surface area contributed by atoms with E-state index in [1.165, 1.54) is 0 Å². The van der Waals surface area contributed by atoms with E-state index in [0.29, 0.717) is 5.92 Å². The molecule has 0 aliphatic carbocycles. The molecule has 0 radical (unpaired) electrons. The summed E-state index contributed by atoms with van der Waals surface area (Å²) in [6.07, 6.45) is 0.938. The summed E-state index contributed by atoms with van der Waals surface area (Å²) in [5.74, 6) is -2.84. The fraction of sp³-hybridized carbons (Fsp3) is 0.571. The van der Waals surface area contributed by atoms with Gasteiger partial charge >= 0.3 is 0 Å². The third kappa shape index (κ3) is 3.03. The van der Waals surface area contributed by atoms with E-state index >= 15 is 0 Å². The second kappa shape index (κ2) is 4.94. The molecule has 0 saturated carbocycles. The second-order valence-corrected chi connectivity index (χ2v) is 5.07. The van der Waals surface area contributed by atoms with Crippen molar-refractivity contribution >= 4 is 0 Å². The lowest BCUT2D eigenvalue weighted by molar-refractivity contribution is -0.0513. The highest BCUT2D eigenvalue weighted by Crippen LogP contribution is 2.35. The minimum atomic E-state index is -2.73. The zero-order valence-electron chi connectivity index (χ0n) is 10.4. The Morgan fingerprint density at radius 2 is 1.50 bits per heavy atom. The van der Waals surface area contributed by atoms with Gasteiger partial charge in [-0.2, -0.15) is 0 Å². The highest BCUT2D eigenvalue weighted by atomic mass is 19.3. The molecule has 2 heteroatoms. The van der Waals surface area contributed by atoms with Crippen molar-refractivity contribution in [1.29, 1.82) is 0 Å². The zero-order chi connectivity index (χ0) is 12.3. The van der Waals surface area contributed by atoms with E-state index in [-0.39, 0.29) is 5.56 Å². The maximum absolute atomic E-state index is 13.7. The van der Waals surface area contributed by atoms with Gasteiger partial charge in [-0.25, -0.2) is 8.78 Å². The van der Waals surface area contributed by atoms with Crippen LogP contribution in [0.4, 0.5) is 8.78 Å². The number of benzene rings is 1. The smallest absolute Gasteiger partial charge is 0.201 e. The number of rotatable bonds is 4. The fourth-order valence-corrected chi connectivity index (χ4v) is 1.67. The lowest BCUT2D eigenvalue weighted by atomic mass is 9.95. The van der Waals surface area contributed by atoms with Crippen LogP contribution in [0.25, 0.3) is 0 Å². The van der Waals surface area contributed by atoms with E-state index in [4.69, 9.17) is 0 Å². The highest BCUT2D eigenvalue weighted by Gasteiger charge is 2.35. The van der Waals surface area contributed by atoms with Crippen molar-refractivity contribution in [2.45, 2.75) is 40.0 Å². The Labute approximate surface area is 96.7 Å². The predicted molar refractivity (Wildman–Crippen MR) is 63.7 cm³/mol. The summed E-state index contributed by atoms with van der Waals surface area (Å²) in [6, 6.07) is 6.73. The van der Waals surface area contributed by atoms with Crippen LogP contribution in [0.2, 0.25) is 0 Å². The number of hydrogen-bond acceptors (Lipinski definition) is 0. The zero-order valence-corrected chi connectivity index (χ0v) is 10.4. The fourth-order valence-electron chi connectivity index (χ4n) is 1.67. The van der Waals surface area contributed by atoms with Gasteiger partial charge in [0.2, 0.25) is 0 Å². The van der Waals surface area contributed by atoms with Crippen molar-refractivity contribution in [3.63, 3.8) is 0 Å². The van der Waals surface area contributed by atoms with Gasteiger partial charge in [-0.1, -0.05) is 52.0 Å². The van der Waals surface area contributed by atoms with Gasteiger partial charge < -0.3 is 0 Å². The van der Waals surface area contributed by atoms with Crippen LogP contribution in [0.3, 0.4) is 0 Å². The maximum Gasteiger partial charge on any atom is 0.275 e. The van der Waals surface area contributed by atoms with E-state index < -0.39 is 11.8 Å². The first kappa shape index (κ1) is 13.1. The Bertz CT molecular complexity index is 323. The Morgan fingerprint density at radius 3 is 1.88 bits per heavy atom. The van der Waals surface area contributed by atoms with E-state index in [9.17, 15) is 8.78 Å². The number of hydrogen-bond donors (Lipinski definition) is 0. The first-order valence-electron chi connectivity index (χ1n) is 5.81. The molecule has 0 nitrogen and oxygen atoms in total. The predicted octanol–water partition coefficient (Wildman–Crippen LogP) is 4.63. The number of alkyl halides is 2. The van der Waals surface area contributed by atoms with Crippen LogP contribution in [-0.2, 0) is 12.3 Å². The average molecular weight is 226 g/mol. The van der Waals surface area contributed by atoms with Gasteiger partial charge in [-0.15, -0.1) is 0 Å². The van der Waals surface area contributed by atoms with Gasteiger partial charge in [0.1, 0.15) is 0 Å². The Hall–Kier alpha value is -0.920. The standard InChI is InChI=1S/C14H20F2/c1-10(2)9-12-5-7-13(8-6-12)14(15,16)11(3)4/h5-8,10-11H,9H2,1-4H3. The van der Waals surface area contributed by atoms with Crippen molar-refractivity contribution in [3.05, 3.63) is 35.4 Å². The minimum Gasteiger partial charge on any atom is -0.201 e. The molecular formula is C14H20F2. The van der Waals surface area contributed by atoms with Crippen LogP contribution in [0, 0.1) is 11.8 Å². The second-order valence-electron chi connectivity index (χ2n) is 5.07. The van der Waals surface area contributed by atoms with Gasteiger partial charge in [0, 0.05) is 11.5 Å². The summed E-state index contributed by atoms with van der Waals surface area (Å²) in [7, 11) is 0. The van der Waals surface area contributed by atoms with Gasteiger partial charge in [0.05, 0.1) is 0 Å². The van der Waals surface area contributed by atoms with Gasteiger partial charge in [0.15, 0.2) is 0 Å². The molecule has 0 unspecified atom stereocenters. The minimum absolute atomic E-state index is 0.120. The summed E-state index contributed by atoms with van der Waals surface area (Å²) >= 11 is 0. The molecule has 0 N–H and O–H groups in total. The van der Waals surface area contributed by atoms with Crippen LogP contribution in [0.5, 0.6) is 0 Å². The maximum atomic E-state index is 13.7. The normalized spacial score (nSPS) is 12.5. The Morgan fingerprint density at radius 1 is 1.00 bits per heavy atom. The summed E-state index contributed by atoms with van der Waals surface area (Å²) < 4.78 is 27.3. The first-order valence-corrected chi connectivity index (χ1v) is 5.81. The van der Waals surface area contributed by atoms with Crippen molar-refractivity contribution < 1.29 is 8.78 Å². The molecule has 0 amide bonds. The van der Waals surface area contributed by atoms with E-state index in [0.717, 1.165) is 12.0 Å². The largest absolute Gasteiger partial charge is 0.275 e. The molecule has 0 spiro atoms. The molecule has 0 aliphatic heterocycles. The molecule has 1 rings (SSSR count). The highest BCUT2D eigenvalue weighted by molar-refractivity contribution is 5.26. The van der Waals surface area contributed by atoms with Crippen molar-refractivity contribution in [2.24, 2.45) is 11.8 Å². The molecule has 0 aliphatic rings. The van der Waals surface area contributed by atoms with Gasteiger partial charge in [0.25, 0.3) is 5.92 Å². The SMILES string of the molecule is CC(C)Cc1ccc(C(F)(F)C(C)C)cc1. The Balaban J connectivity index is 2.86. The molecule has 0 saturated heterocycles. The monoisotopic (exact) mass is 226 g/mol. The lowest BCUT2D eigenvalue weighted by Crippen LogP contribution is -2.20. The number of halogens is 2. The molecule has 1 aromatic rings. The van der Waals surface area contributed by atoms with Crippen LogP contribution in [-0.4, -0.2) is 0 Å². The quantitative estimate of drug-likeness (QED) is 0.702. The van der Waals surface area contributed by atoms with Crippen molar-refractivity contribution in [2.75, 3.05) is 0 Å². The molecule has 0 aromatic heterocycles. The molecule has 0 fully saturated rings. The summed E-state index contributed by atoms with van der Waals surface area (Å²) in [5.41, 5.74) is 1.24. The van der Waals surface area contributed by atoms with Gasteiger partial charge in [-0.05, 0) is 17.9 Å². The third-order valence-corrected chi connectivity index (χ3v) is 2.71. The van der Waals surface area contributed by atoms with E-state index in [2.05, 4.69) is 13.8 Å². The first-order chi connectivity index (χ1) is 7.34. The summed E-state index contributed by atoms with van der Waals surface area (Å²) in [4.78, 5) is 0. The van der Waals surface area contributed by atoms with E-state index in [1.54, 1.807) is 26.0 Å². The van der Waals surface area contributed by atoms with Crippen LogP contribution in [0.1, 0.15) is 38.8 Å². The molecule has 90 valence electrons. The van der Waals surface area contributed by atoms with Crippen LogP contribution >= 0.6 is 0 Å². The van der Waals surface area contributed by atoms with Crippen LogP contribution < -0.4 is 0 Å². The molecule has 0 atom stereocenters. The average Bonchev–Trinajstić information content (AvgIpc) is 2.17. The molecule has 16 heavy (non-hydrogen) atoms. The molecular weight excluding hydrogens is 206 g/mol. The summed E-state index contributed by atoms with van der Waals surface area (Å²) in [5, 5.41) is 0.